The average molecular weight is 421 g/mol. The van der Waals surface area contributed by atoms with Crippen LogP contribution in [0, 0.1) is 0 Å². The predicted octanol–water partition coefficient (Wildman–Crippen LogP) is 3.14. The van der Waals surface area contributed by atoms with Crippen molar-refractivity contribution >= 4 is 15.9 Å². The second kappa shape index (κ2) is 7.91. The maximum absolute atomic E-state index is 12.8. The molecule has 1 aromatic carbocycles. The summed E-state index contributed by atoms with van der Waals surface area (Å²) < 4.78 is 33.3. The number of hydrogen-bond acceptors (Lipinski definition) is 4. The lowest BCUT2D eigenvalue weighted by Gasteiger charge is -2.46. The van der Waals surface area contributed by atoms with Crippen LogP contribution in [0.4, 0.5) is 0 Å². The minimum atomic E-state index is -3.14. The van der Waals surface area contributed by atoms with Crippen molar-refractivity contribution in [3.63, 3.8) is 0 Å². The quantitative estimate of drug-likeness (QED) is 0.709. The monoisotopic (exact) mass is 420 g/mol. The Balaban J connectivity index is 1.52. The Labute approximate surface area is 174 Å². The smallest absolute Gasteiger partial charge is 0.223 e. The first-order chi connectivity index (χ1) is 13.9. The third-order valence-electron chi connectivity index (χ3n) is 6.78. The number of piperidine rings is 1. The van der Waals surface area contributed by atoms with E-state index in [9.17, 15) is 13.2 Å². The van der Waals surface area contributed by atoms with E-state index in [0.717, 1.165) is 43.7 Å². The highest BCUT2D eigenvalue weighted by Gasteiger charge is 2.48. The molecule has 0 radical (unpaired) electrons. The number of benzene rings is 1. The van der Waals surface area contributed by atoms with Crippen molar-refractivity contribution < 1.29 is 17.9 Å². The van der Waals surface area contributed by atoms with Crippen LogP contribution in [0.15, 0.2) is 24.3 Å². The lowest BCUT2D eigenvalue weighted by atomic mass is 9.76. The molecule has 160 valence electrons. The molecule has 1 spiro atoms. The van der Waals surface area contributed by atoms with Gasteiger partial charge in [-0.25, -0.2) is 12.7 Å². The van der Waals surface area contributed by atoms with Crippen molar-refractivity contribution in [2.24, 2.45) is 0 Å². The van der Waals surface area contributed by atoms with Crippen molar-refractivity contribution in [2.75, 3.05) is 26.2 Å². The Morgan fingerprint density at radius 3 is 2.45 bits per heavy atom. The van der Waals surface area contributed by atoms with Gasteiger partial charge >= 0.3 is 0 Å². The molecule has 0 N–H and O–H groups in total. The van der Waals surface area contributed by atoms with Crippen LogP contribution in [0.1, 0.15) is 63.9 Å². The van der Waals surface area contributed by atoms with Crippen LogP contribution in [-0.4, -0.2) is 60.6 Å². The van der Waals surface area contributed by atoms with Crippen LogP contribution in [0.25, 0.3) is 0 Å². The van der Waals surface area contributed by atoms with Gasteiger partial charge in [0.05, 0.1) is 5.25 Å². The number of fused-ring (bicyclic) bond motifs is 1. The molecule has 2 heterocycles. The van der Waals surface area contributed by atoms with E-state index in [1.54, 1.807) is 4.31 Å². The second-order valence-corrected chi connectivity index (χ2v) is 10.9. The van der Waals surface area contributed by atoms with Gasteiger partial charge in [0, 0.05) is 51.4 Å². The number of amides is 1. The van der Waals surface area contributed by atoms with Gasteiger partial charge in [-0.05, 0) is 44.7 Å². The van der Waals surface area contributed by atoms with Gasteiger partial charge < -0.3 is 9.64 Å². The number of carbonyl (C=O) groups is 1. The zero-order chi connectivity index (χ0) is 20.6. The Bertz CT molecular complexity index is 853. The first-order valence-corrected chi connectivity index (χ1v) is 12.4. The summed E-state index contributed by atoms with van der Waals surface area (Å²) in [5, 5.41) is -0.163. The molecule has 2 fully saturated rings. The van der Waals surface area contributed by atoms with Gasteiger partial charge in [0.25, 0.3) is 0 Å². The molecule has 7 heteroatoms. The molecule has 29 heavy (non-hydrogen) atoms. The Kier molecular flexibility index (Phi) is 5.64. The number of hydrogen-bond donors (Lipinski definition) is 0. The molecule has 1 aliphatic carbocycles. The van der Waals surface area contributed by atoms with E-state index in [0.29, 0.717) is 32.4 Å². The highest BCUT2D eigenvalue weighted by molar-refractivity contribution is 7.90. The van der Waals surface area contributed by atoms with Crippen molar-refractivity contribution in [2.45, 2.75) is 69.1 Å². The van der Waals surface area contributed by atoms with Crippen LogP contribution in [-0.2, 0) is 14.8 Å². The molecule has 1 saturated heterocycles. The molecule has 1 aromatic rings. The number of nitrogens with zero attached hydrogens (tertiary/aromatic N) is 2. The van der Waals surface area contributed by atoms with Gasteiger partial charge in [-0.1, -0.05) is 18.2 Å². The van der Waals surface area contributed by atoms with Crippen molar-refractivity contribution in [1.82, 2.24) is 9.21 Å². The van der Waals surface area contributed by atoms with Gasteiger partial charge in [0.15, 0.2) is 0 Å². The molecular formula is C22H32N2O4S. The fraction of sp³-hybridized carbons (Fsp3) is 0.682. The molecule has 1 amide bonds. The van der Waals surface area contributed by atoms with Crippen molar-refractivity contribution in [1.29, 1.82) is 0 Å². The maximum atomic E-state index is 12.8. The van der Waals surface area contributed by atoms with Crippen LogP contribution in [0.5, 0.6) is 5.75 Å². The van der Waals surface area contributed by atoms with Crippen LogP contribution in [0.2, 0.25) is 0 Å². The van der Waals surface area contributed by atoms with Gasteiger partial charge in [0.1, 0.15) is 11.4 Å². The van der Waals surface area contributed by atoms with Crippen molar-refractivity contribution in [3.05, 3.63) is 29.8 Å². The van der Waals surface area contributed by atoms with Crippen molar-refractivity contribution in [3.8, 4) is 5.75 Å². The third kappa shape index (κ3) is 4.04. The maximum Gasteiger partial charge on any atom is 0.223 e. The molecule has 1 saturated carbocycles. The van der Waals surface area contributed by atoms with Gasteiger partial charge in [-0.3, -0.25) is 4.79 Å². The summed E-state index contributed by atoms with van der Waals surface area (Å²) in [4.78, 5) is 14.7. The average Bonchev–Trinajstić information content (AvgIpc) is 3.55. The number of rotatable bonds is 6. The lowest BCUT2D eigenvalue weighted by molar-refractivity contribution is -0.131. The first kappa shape index (κ1) is 20.7. The number of para-hydroxylation sites is 1. The molecular weight excluding hydrogens is 388 g/mol. The normalized spacial score (nSPS) is 24.0. The van der Waals surface area contributed by atoms with Gasteiger partial charge in [-0.15, -0.1) is 0 Å². The first-order valence-electron chi connectivity index (χ1n) is 10.9. The molecule has 4 rings (SSSR count). The standard InChI is InChI=1S/C22H32N2O4S/c1-3-23(4-2)21(25)15-17-16-22(28-20-8-6-5-7-19(17)20)11-13-24(14-12-22)29(26,27)18-9-10-18/h5-8,17-18H,3-4,9-16H2,1-2H3/t17-/m1/s1. The molecule has 6 nitrogen and oxygen atoms in total. The summed E-state index contributed by atoms with van der Waals surface area (Å²) in [5.41, 5.74) is 0.727. The Morgan fingerprint density at radius 1 is 1.17 bits per heavy atom. The largest absolute Gasteiger partial charge is 0.487 e. The van der Waals surface area contributed by atoms with E-state index in [1.165, 1.54) is 0 Å². The highest BCUT2D eigenvalue weighted by Crippen LogP contribution is 2.47. The molecule has 0 aromatic heterocycles. The molecule has 2 aliphatic heterocycles. The summed E-state index contributed by atoms with van der Waals surface area (Å²) >= 11 is 0. The minimum absolute atomic E-state index is 0.111. The summed E-state index contributed by atoms with van der Waals surface area (Å²) in [5.74, 6) is 1.15. The SMILES string of the molecule is CCN(CC)C(=O)C[C@@H]1CC2(CCN(S(=O)(=O)C3CC3)CC2)Oc2ccccc21. The minimum Gasteiger partial charge on any atom is -0.487 e. The Morgan fingerprint density at radius 2 is 1.83 bits per heavy atom. The number of sulfonamides is 1. The van der Waals surface area contributed by atoms with Gasteiger partial charge in [0.2, 0.25) is 15.9 Å². The molecule has 0 unspecified atom stereocenters. The summed E-state index contributed by atoms with van der Waals surface area (Å²) in [6, 6.07) is 8.02. The van der Waals surface area contributed by atoms with Crippen LogP contribution >= 0.6 is 0 Å². The van der Waals surface area contributed by atoms with E-state index < -0.39 is 10.0 Å². The summed E-state index contributed by atoms with van der Waals surface area (Å²) in [7, 11) is -3.14. The topological polar surface area (TPSA) is 66.9 Å². The number of ether oxygens (including phenoxy) is 1. The molecule has 1 atom stereocenters. The highest BCUT2D eigenvalue weighted by atomic mass is 32.2. The fourth-order valence-corrected chi connectivity index (χ4v) is 6.72. The molecule has 0 bridgehead atoms. The van der Waals surface area contributed by atoms with E-state index >= 15 is 0 Å². The zero-order valence-electron chi connectivity index (χ0n) is 17.5. The predicted molar refractivity (Wildman–Crippen MR) is 112 cm³/mol. The van der Waals surface area contributed by atoms with E-state index in [1.807, 2.05) is 36.9 Å². The molecule has 3 aliphatic rings. The summed E-state index contributed by atoms with van der Waals surface area (Å²) in [6.07, 6.45) is 4.21. The third-order valence-corrected chi connectivity index (χ3v) is 9.18. The van der Waals surface area contributed by atoms with E-state index in [2.05, 4.69) is 6.07 Å². The van der Waals surface area contributed by atoms with Crippen LogP contribution < -0.4 is 4.74 Å². The van der Waals surface area contributed by atoms with E-state index in [4.69, 9.17) is 4.74 Å². The fourth-order valence-electron chi connectivity index (χ4n) is 4.87. The van der Waals surface area contributed by atoms with E-state index in [-0.39, 0.29) is 22.7 Å². The summed E-state index contributed by atoms with van der Waals surface area (Å²) in [6.45, 7) is 6.49. The van der Waals surface area contributed by atoms with Gasteiger partial charge in [-0.2, -0.15) is 0 Å². The number of carbonyl (C=O) groups excluding carboxylic acids is 1. The zero-order valence-corrected chi connectivity index (χ0v) is 18.3. The second-order valence-electron chi connectivity index (χ2n) is 8.64. The lowest BCUT2D eigenvalue weighted by Crippen LogP contribution is -2.52. The van der Waals surface area contributed by atoms with Crippen LogP contribution in [0.3, 0.4) is 0 Å². The Hall–Kier alpha value is -1.60.